The molecular weight excluding hydrogens is 374 g/mol. The highest BCUT2D eigenvalue weighted by atomic mass is 16.6. The zero-order chi connectivity index (χ0) is 20.8. The minimum absolute atomic E-state index is 0.0387. The van der Waals surface area contributed by atoms with Crippen molar-refractivity contribution >= 4 is 12.0 Å². The number of nitrogens with zero attached hydrogens (tertiary/aromatic N) is 2. The first-order valence-corrected chi connectivity index (χ1v) is 8.95. The van der Waals surface area contributed by atoms with Gasteiger partial charge in [-0.1, -0.05) is 30.3 Å². The maximum absolute atomic E-state index is 12.8. The van der Waals surface area contributed by atoms with Gasteiger partial charge in [-0.25, -0.2) is 4.79 Å². The van der Waals surface area contributed by atoms with E-state index in [0.29, 0.717) is 17.1 Å². The van der Waals surface area contributed by atoms with Crippen LogP contribution in [0.1, 0.15) is 11.1 Å². The van der Waals surface area contributed by atoms with Gasteiger partial charge in [-0.05, 0) is 17.7 Å². The van der Waals surface area contributed by atoms with Gasteiger partial charge in [0.1, 0.15) is 30.2 Å². The van der Waals surface area contributed by atoms with Gasteiger partial charge in [0.2, 0.25) is 5.91 Å². The quantitative estimate of drug-likeness (QED) is 0.722. The monoisotopic (exact) mass is 395 g/mol. The van der Waals surface area contributed by atoms with Crippen LogP contribution in [0, 0.1) is 11.3 Å². The number of carbonyl (C=O) groups excluding carboxylic acids is 2. The van der Waals surface area contributed by atoms with Crippen molar-refractivity contribution in [3.8, 4) is 17.6 Å². The Balaban J connectivity index is 1.83. The van der Waals surface area contributed by atoms with Crippen molar-refractivity contribution in [3.63, 3.8) is 0 Å². The number of hydrogen-bond donors (Lipinski definition) is 1. The Morgan fingerprint density at radius 2 is 1.93 bits per heavy atom. The summed E-state index contributed by atoms with van der Waals surface area (Å²) >= 11 is 0. The molecule has 0 radical (unpaired) electrons. The molecule has 150 valence electrons. The molecule has 0 aromatic heterocycles. The number of nitriles is 1. The standard InChI is InChI=1S/C21H21N3O5/c1-27-16-9-8-15(18(10-16)28-2)12-24(19-17(11-22)23-20(19)25)21(26)29-13-14-6-4-3-5-7-14/h3-10,17,19H,12-13H2,1-2H3,(H,23,25)/t17-,19+/m1/s1. The van der Waals surface area contributed by atoms with Crippen molar-refractivity contribution in [1.82, 2.24) is 10.2 Å². The summed E-state index contributed by atoms with van der Waals surface area (Å²) in [5.74, 6) is 0.694. The van der Waals surface area contributed by atoms with Crippen LogP contribution in [0.15, 0.2) is 48.5 Å². The molecule has 8 nitrogen and oxygen atoms in total. The van der Waals surface area contributed by atoms with E-state index in [1.807, 2.05) is 36.4 Å². The Morgan fingerprint density at radius 3 is 2.55 bits per heavy atom. The summed E-state index contributed by atoms with van der Waals surface area (Å²) in [5.41, 5.74) is 1.47. The molecule has 0 spiro atoms. The van der Waals surface area contributed by atoms with Crippen LogP contribution in [0.25, 0.3) is 0 Å². The molecule has 1 N–H and O–H groups in total. The number of rotatable bonds is 7. The topological polar surface area (TPSA) is 101 Å². The molecule has 0 bridgehead atoms. The molecule has 3 rings (SSSR count). The highest BCUT2D eigenvalue weighted by molar-refractivity contribution is 5.93. The van der Waals surface area contributed by atoms with Crippen LogP contribution in [0.5, 0.6) is 11.5 Å². The van der Waals surface area contributed by atoms with Crippen molar-refractivity contribution in [2.45, 2.75) is 25.2 Å². The molecule has 1 saturated heterocycles. The average Bonchev–Trinajstić information content (AvgIpc) is 2.75. The number of β-lactam (4-membered cyclic amide) rings is 1. The van der Waals surface area contributed by atoms with Crippen molar-refractivity contribution in [1.29, 1.82) is 5.26 Å². The van der Waals surface area contributed by atoms with Gasteiger partial charge < -0.3 is 19.5 Å². The molecule has 1 fully saturated rings. The fraction of sp³-hybridized carbons (Fsp3) is 0.286. The number of benzene rings is 2. The summed E-state index contributed by atoms with van der Waals surface area (Å²) in [6.07, 6.45) is -0.688. The SMILES string of the molecule is COc1ccc(CN(C(=O)OCc2ccccc2)[C@@H]2C(=O)N[C@@H]2C#N)c(OC)c1. The van der Waals surface area contributed by atoms with Gasteiger partial charge in [0.25, 0.3) is 0 Å². The summed E-state index contributed by atoms with van der Waals surface area (Å²) in [6, 6.07) is 14.6. The molecule has 2 aromatic carbocycles. The number of hydrogen-bond acceptors (Lipinski definition) is 6. The van der Waals surface area contributed by atoms with Crippen molar-refractivity contribution in [2.24, 2.45) is 0 Å². The lowest BCUT2D eigenvalue weighted by Crippen LogP contribution is -2.69. The first-order valence-electron chi connectivity index (χ1n) is 8.95. The molecule has 2 amide bonds. The van der Waals surface area contributed by atoms with Gasteiger partial charge in [0.15, 0.2) is 0 Å². The number of ether oxygens (including phenoxy) is 3. The van der Waals surface area contributed by atoms with E-state index in [4.69, 9.17) is 14.2 Å². The largest absolute Gasteiger partial charge is 0.497 e. The zero-order valence-corrected chi connectivity index (χ0v) is 16.1. The van der Waals surface area contributed by atoms with E-state index < -0.39 is 24.1 Å². The summed E-state index contributed by atoms with van der Waals surface area (Å²) in [6.45, 7) is 0.0958. The van der Waals surface area contributed by atoms with Crippen LogP contribution in [0.4, 0.5) is 4.79 Å². The Labute approximate surface area is 168 Å². The van der Waals surface area contributed by atoms with E-state index in [1.54, 1.807) is 18.2 Å². The summed E-state index contributed by atoms with van der Waals surface area (Å²) in [7, 11) is 3.04. The normalized spacial score (nSPS) is 17.3. The van der Waals surface area contributed by atoms with E-state index >= 15 is 0 Å². The van der Waals surface area contributed by atoms with Gasteiger partial charge in [-0.2, -0.15) is 5.26 Å². The fourth-order valence-electron chi connectivity index (χ4n) is 3.04. The molecule has 1 heterocycles. The van der Waals surface area contributed by atoms with Crippen molar-refractivity contribution in [3.05, 3.63) is 59.7 Å². The maximum Gasteiger partial charge on any atom is 0.411 e. The average molecular weight is 395 g/mol. The predicted molar refractivity (Wildman–Crippen MR) is 103 cm³/mol. The van der Waals surface area contributed by atoms with Gasteiger partial charge in [-0.3, -0.25) is 9.69 Å². The van der Waals surface area contributed by atoms with E-state index in [2.05, 4.69) is 5.32 Å². The molecule has 2 atom stereocenters. The van der Waals surface area contributed by atoms with Crippen LogP contribution in [0.2, 0.25) is 0 Å². The first kappa shape index (κ1) is 20.0. The summed E-state index contributed by atoms with van der Waals surface area (Å²) in [5, 5.41) is 11.7. The van der Waals surface area contributed by atoms with E-state index in [1.165, 1.54) is 19.1 Å². The molecule has 0 saturated carbocycles. The number of carbonyl (C=O) groups is 2. The van der Waals surface area contributed by atoms with Crippen molar-refractivity contribution < 1.29 is 23.8 Å². The van der Waals surface area contributed by atoms with Crippen LogP contribution < -0.4 is 14.8 Å². The first-order chi connectivity index (χ1) is 14.1. The third kappa shape index (κ3) is 4.41. The van der Waals surface area contributed by atoms with Gasteiger partial charge in [0.05, 0.1) is 26.8 Å². The number of nitrogens with one attached hydrogen (secondary N) is 1. The molecular formula is C21H21N3O5. The molecule has 0 unspecified atom stereocenters. The summed E-state index contributed by atoms with van der Waals surface area (Å²) < 4.78 is 16.0. The zero-order valence-electron chi connectivity index (χ0n) is 16.1. The van der Waals surface area contributed by atoms with E-state index in [-0.39, 0.29) is 13.2 Å². The third-order valence-electron chi connectivity index (χ3n) is 4.63. The van der Waals surface area contributed by atoms with Gasteiger partial charge >= 0.3 is 6.09 Å². The lowest BCUT2D eigenvalue weighted by Gasteiger charge is -2.39. The lowest BCUT2D eigenvalue weighted by molar-refractivity contribution is -0.135. The third-order valence-corrected chi connectivity index (χ3v) is 4.63. The molecule has 8 heteroatoms. The van der Waals surface area contributed by atoms with Crippen LogP contribution in [-0.4, -0.2) is 43.2 Å². The Bertz CT molecular complexity index is 926. The minimum Gasteiger partial charge on any atom is -0.497 e. The molecule has 29 heavy (non-hydrogen) atoms. The van der Waals surface area contributed by atoms with Crippen LogP contribution in [-0.2, 0) is 22.7 Å². The van der Waals surface area contributed by atoms with Crippen LogP contribution in [0.3, 0.4) is 0 Å². The molecule has 0 aliphatic carbocycles. The smallest absolute Gasteiger partial charge is 0.411 e. The van der Waals surface area contributed by atoms with Gasteiger partial charge in [-0.15, -0.1) is 0 Å². The predicted octanol–water partition coefficient (Wildman–Crippen LogP) is 2.23. The second-order valence-electron chi connectivity index (χ2n) is 6.41. The molecule has 2 aromatic rings. The second kappa shape index (κ2) is 8.97. The second-order valence-corrected chi connectivity index (χ2v) is 6.41. The Morgan fingerprint density at radius 1 is 1.17 bits per heavy atom. The van der Waals surface area contributed by atoms with Crippen molar-refractivity contribution in [2.75, 3.05) is 14.2 Å². The fourth-order valence-corrected chi connectivity index (χ4v) is 3.04. The number of amides is 2. The van der Waals surface area contributed by atoms with Crippen LogP contribution >= 0.6 is 0 Å². The highest BCUT2D eigenvalue weighted by Crippen LogP contribution is 2.28. The molecule has 1 aliphatic heterocycles. The minimum atomic E-state index is -0.935. The van der Waals surface area contributed by atoms with Gasteiger partial charge in [0, 0.05) is 11.6 Å². The molecule has 1 aliphatic rings. The van der Waals surface area contributed by atoms with E-state index in [9.17, 15) is 14.9 Å². The highest BCUT2D eigenvalue weighted by Gasteiger charge is 2.46. The lowest BCUT2D eigenvalue weighted by atomic mass is 9.98. The Kier molecular flexibility index (Phi) is 6.19. The Hall–Kier alpha value is -3.73. The maximum atomic E-state index is 12.8. The van der Waals surface area contributed by atoms with E-state index in [0.717, 1.165) is 5.56 Å². The number of methoxy groups -OCH3 is 2. The summed E-state index contributed by atoms with van der Waals surface area (Å²) in [4.78, 5) is 26.2.